The van der Waals surface area contributed by atoms with Gasteiger partial charge >= 0.3 is 0 Å². The molecule has 1 fully saturated rings. The Balaban J connectivity index is 1.65. The van der Waals surface area contributed by atoms with Gasteiger partial charge in [-0.2, -0.15) is 5.26 Å². The molecule has 2 aromatic carbocycles. The first-order valence-corrected chi connectivity index (χ1v) is 10.1. The smallest absolute Gasteiger partial charge is 0.293 e. The highest BCUT2D eigenvalue weighted by Crippen LogP contribution is 2.35. The maximum atomic E-state index is 12.8. The lowest BCUT2D eigenvalue weighted by Crippen LogP contribution is -2.27. The molecule has 28 heavy (non-hydrogen) atoms. The molecule has 1 aliphatic rings. The Morgan fingerprint density at radius 3 is 2.61 bits per heavy atom. The van der Waals surface area contributed by atoms with Gasteiger partial charge in [0.05, 0.1) is 17.5 Å². The fourth-order valence-corrected chi connectivity index (χ4v) is 4.24. The summed E-state index contributed by atoms with van der Waals surface area (Å²) in [4.78, 5) is 26.9. The van der Waals surface area contributed by atoms with Gasteiger partial charge in [0.2, 0.25) is 0 Å². The SMILES string of the molecule is N#CCn1cc(/C=C2\SC(=O)N(Cc3ccc(Br)cc3)C2=O)c2ccccc21. The van der Waals surface area contributed by atoms with Crippen molar-refractivity contribution in [2.45, 2.75) is 13.1 Å². The fourth-order valence-electron chi connectivity index (χ4n) is 3.15. The Morgan fingerprint density at radius 2 is 1.86 bits per heavy atom. The van der Waals surface area contributed by atoms with Crippen molar-refractivity contribution in [2.24, 2.45) is 0 Å². The zero-order chi connectivity index (χ0) is 19.7. The van der Waals surface area contributed by atoms with Crippen LogP contribution in [0.15, 0.2) is 64.1 Å². The standard InChI is InChI=1S/C21H14BrN3O2S/c22-16-7-5-14(6-8-16)12-25-20(26)19(28-21(25)27)11-15-13-24(10-9-23)18-4-2-1-3-17(15)18/h1-8,11,13H,10,12H2/b19-11-. The molecule has 0 unspecified atom stereocenters. The minimum Gasteiger partial charge on any atom is -0.333 e. The van der Waals surface area contributed by atoms with Crippen LogP contribution in [0.4, 0.5) is 4.79 Å². The molecule has 1 aliphatic heterocycles. The third-order valence-corrected chi connectivity index (χ3v) is 5.91. The van der Waals surface area contributed by atoms with E-state index < -0.39 is 0 Å². The number of aromatic nitrogens is 1. The Morgan fingerprint density at radius 1 is 1.11 bits per heavy atom. The lowest BCUT2D eigenvalue weighted by molar-refractivity contribution is -0.123. The van der Waals surface area contributed by atoms with Crippen LogP contribution < -0.4 is 0 Å². The van der Waals surface area contributed by atoms with Crippen LogP contribution in [0.3, 0.4) is 0 Å². The van der Waals surface area contributed by atoms with Gasteiger partial charge in [-0.1, -0.05) is 46.3 Å². The molecule has 0 atom stereocenters. The van der Waals surface area contributed by atoms with Gasteiger partial charge in [0.25, 0.3) is 11.1 Å². The Kier molecular flexibility index (Phi) is 5.07. The van der Waals surface area contributed by atoms with E-state index in [1.54, 1.807) is 6.08 Å². The molecule has 0 N–H and O–H groups in total. The fraction of sp³-hybridized carbons (Fsp3) is 0.0952. The Bertz CT molecular complexity index is 1160. The number of hydrogen-bond donors (Lipinski definition) is 0. The van der Waals surface area contributed by atoms with Gasteiger partial charge in [-0.05, 0) is 41.6 Å². The first-order chi connectivity index (χ1) is 13.6. The summed E-state index contributed by atoms with van der Waals surface area (Å²) in [5, 5.41) is 9.71. The number of benzene rings is 2. The molecule has 1 saturated heterocycles. The first kappa shape index (κ1) is 18.5. The van der Waals surface area contributed by atoms with Crippen LogP contribution in [-0.2, 0) is 17.9 Å². The average Bonchev–Trinajstić information content (AvgIpc) is 3.17. The number of para-hydroxylation sites is 1. The molecule has 0 saturated carbocycles. The second-order valence-corrected chi connectivity index (χ2v) is 8.19. The van der Waals surface area contributed by atoms with Crippen LogP contribution in [0.2, 0.25) is 0 Å². The lowest BCUT2D eigenvalue weighted by atomic mass is 10.1. The van der Waals surface area contributed by atoms with Crippen molar-refractivity contribution in [3.8, 4) is 6.07 Å². The normalized spacial score (nSPS) is 15.6. The highest BCUT2D eigenvalue weighted by atomic mass is 79.9. The molecule has 138 valence electrons. The van der Waals surface area contributed by atoms with E-state index in [-0.39, 0.29) is 24.2 Å². The zero-order valence-electron chi connectivity index (χ0n) is 14.6. The van der Waals surface area contributed by atoms with E-state index in [2.05, 4.69) is 22.0 Å². The van der Waals surface area contributed by atoms with E-state index in [4.69, 9.17) is 5.26 Å². The van der Waals surface area contributed by atoms with Gasteiger partial charge < -0.3 is 4.57 Å². The van der Waals surface area contributed by atoms with Crippen LogP contribution in [-0.4, -0.2) is 20.6 Å². The number of carbonyl (C=O) groups excluding carboxylic acids is 2. The minimum atomic E-state index is -0.296. The van der Waals surface area contributed by atoms with Crippen molar-refractivity contribution >= 4 is 55.8 Å². The predicted octanol–water partition coefficient (Wildman–Crippen LogP) is 5.16. The summed E-state index contributed by atoms with van der Waals surface area (Å²) in [6.07, 6.45) is 3.58. The number of carbonyl (C=O) groups is 2. The number of nitriles is 1. The summed E-state index contributed by atoms with van der Waals surface area (Å²) in [7, 11) is 0. The largest absolute Gasteiger partial charge is 0.333 e. The third-order valence-electron chi connectivity index (χ3n) is 4.47. The van der Waals surface area contributed by atoms with Crippen LogP contribution in [0, 0.1) is 11.3 Å². The molecule has 5 nitrogen and oxygen atoms in total. The number of fused-ring (bicyclic) bond motifs is 1. The quantitative estimate of drug-likeness (QED) is 0.513. The number of halogens is 1. The van der Waals surface area contributed by atoms with Gasteiger partial charge in [0.1, 0.15) is 6.54 Å². The molecule has 3 aromatic rings. The number of thioether (sulfide) groups is 1. The van der Waals surface area contributed by atoms with Crippen molar-refractivity contribution in [3.63, 3.8) is 0 Å². The highest BCUT2D eigenvalue weighted by molar-refractivity contribution is 9.10. The van der Waals surface area contributed by atoms with Gasteiger partial charge in [-0.15, -0.1) is 0 Å². The molecule has 2 amide bonds. The topological polar surface area (TPSA) is 66.1 Å². The van der Waals surface area contributed by atoms with Crippen molar-refractivity contribution < 1.29 is 9.59 Å². The number of nitrogens with zero attached hydrogens (tertiary/aromatic N) is 3. The second-order valence-electron chi connectivity index (χ2n) is 6.28. The molecule has 0 radical (unpaired) electrons. The highest BCUT2D eigenvalue weighted by Gasteiger charge is 2.35. The predicted molar refractivity (Wildman–Crippen MR) is 113 cm³/mol. The molecule has 0 bridgehead atoms. The van der Waals surface area contributed by atoms with E-state index in [1.165, 1.54) is 4.90 Å². The number of imide groups is 1. The van der Waals surface area contributed by atoms with Crippen LogP contribution in [0.25, 0.3) is 17.0 Å². The van der Waals surface area contributed by atoms with Crippen LogP contribution in [0.1, 0.15) is 11.1 Å². The third kappa shape index (κ3) is 3.49. The summed E-state index contributed by atoms with van der Waals surface area (Å²) in [6.45, 7) is 0.463. The molecule has 7 heteroatoms. The summed E-state index contributed by atoms with van der Waals surface area (Å²) in [6, 6.07) is 17.4. The summed E-state index contributed by atoms with van der Waals surface area (Å²) < 4.78 is 2.78. The first-order valence-electron chi connectivity index (χ1n) is 8.51. The number of rotatable bonds is 4. The van der Waals surface area contributed by atoms with E-state index in [0.29, 0.717) is 4.91 Å². The molecule has 0 aliphatic carbocycles. The monoisotopic (exact) mass is 451 g/mol. The van der Waals surface area contributed by atoms with Gasteiger partial charge in [0.15, 0.2) is 0 Å². The molecular formula is C21H14BrN3O2S. The average molecular weight is 452 g/mol. The molecule has 4 rings (SSSR count). The van der Waals surface area contributed by atoms with Crippen molar-refractivity contribution in [2.75, 3.05) is 0 Å². The second kappa shape index (κ2) is 7.66. The minimum absolute atomic E-state index is 0.222. The summed E-state index contributed by atoms with van der Waals surface area (Å²) in [5.74, 6) is -0.296. The summed E-state index contributed by atoms with van der Waals surface area (Å²) >= 11 is 4.32. The number of amides is 2. The van der Waals surface area contributed by atoms with E-state index in [0.717, 1.165) is 38.3 Å². The lowest BCUT2D eigenvalue weighted by Gasteiger charge is -2.12. The number of hydrogen-bond acceptors (Lipinski definition) is 4. The maximum absolute atomic E-state index is 12.8. The molecular weight excluding hydrogens is 438 g/mol. The van der Waals surface area contributed by atoms with E-state index >= 15 is 0 Å². The van der Waals surface area contributed by atoms with Gasteiger partial charge in [0, 0.05) is 27.1 Å². The van der Waals surface area contributed by atoms with E-state index in [9.17, 15) is 9.59 Å². The van der Waals surface area contributed by atoms with Gasteiger partial charge in [-0.25, -0.2) is 0 Å². The molecule has 0 spiro atoms. The van der Waals surface area contributed by atoms with Crippen molar-refractivity contribution in [1.29, 1.82) is 5.26 Å². The molecule has 2 heterocycles. The van der Waals surface area contributed by atoms with Crippen LogP contribution >= 0.6 is 27.7 Å². The van der Waals surface area contributed by atoms with Gasteiger partial charge in [-0.3, -0.25) is 14.5 Å². The van der Waals surface area contributed by atoms with Crippen molar-refractivity contribution in [1.82, 2.24) is 9.47 Å². The summed E-state index contributed by atoms with van der Waals surface area (Å²) in [5.41, 5.74) is 2.63. The van der Waals surface area contributed by atoms with Crippen molar-refractivity contribution in [3.05, 3.63) is 75.2 Å². The zero-order valence-corrected chi connectivity index (χ0v) is 17.0. The van der Waals surface area contributed by atoms with Crippen LogP contribution in [0.5, 0.6) is 0 Å². The maximum Gasteiger partial charge on any atom is 0.293 e. The van der Waals surface area contributed by atoms with E-state index in [1.807, 2.05) is 59.3 Å². The molecule has 1 aromatic heterocycles. The Labute approximate surface area is 174 Å². The Hall–Kier alpha value is -2.82.